The summed E-state index contributed by atoms with van der Waals surface area (Å²) in [6, 6.07) is 23.2. The van der Waals surface area contributed by atoms with E-state index in [4.69, 9.17) is 0 Å². The van der Waals surface area contributed by atoms with Gasteiger partial charge < -0.3 is 0 Å². The molecule has 0 unspecified atom stereocenters. The first-order valence-electron chi connectivity index (χ1n) is 8.14. The van der Waals surface area contributed by atoms with Gasteiger partial charge in [-0.3, -0.25) is 9.59 Å². The van der Waals surface area contributed by atoms with Crippen LogP contribution in [0.2, 0.25) is 0 Å². The molecule has 25 heavy (non-hydrogen) atoms. The summed E-state index contributed by atoms with van der Waals surface area (Å²) in [4.78, 5) is 26.2. The molecule has 126 valence electrons. The quantitative estimate of drug-likeness (QED) is 0.383. The van der Waals surface area contributed by atoms with Crippen LogP contribution in [0.4, 0.5) is 0 Å². The zero-order valence-electron chi connectivity index (χ0n) is 13.7. The molecule has 0 spiro atoms. The molecule has 0 N–H and O–H groups in total. The minimum atomic E-state index is 0.0653. The van der Waals surface area contributed by atoms with Crippen molar-refractivity contribution in [3.05, 3.63) is 83.2 Å². The highest BCUT2D eigenvalue weighted by Gasteiger charge is 2.11. The topological polar surface area (TPSA) is 34.1 Å². The summed E-state index contributed by atoms with van der Waals surface area (Å²) < 4.78 is 0. The van der Waals surface area contributed by atoms with Gasteiger partial charge in [0.2, 0.25) is 5.12 Å². The second-order valence-electron chi connectivity index (χ2n) is 5.56. The van der Waals surface area contributed by atoms with Crippen molar-refractivity contribution in [1.29, 1.82) is 0 Å². The van der Waals surface area contributed by atoms with Gasteiger partial charge in [0.15, 0.2) is 5.78 Å². The Kier molecular flexibility index (Phi) is 6.20. The first-order chi connectivity index (χ1) is 12.2. The third-order valence-corrected chi connectivity index (χ3v) is 5.90. The summed E-state index contributed by atoms with van der Waals surface area (Å²) in [5.74, 6) is 0.816. The predicted molar refractivity (Wildman–Crippen MR) is 107 cm³/mol. The second-order valence-corrected chi connectivity index (χ2v) is 7.71. The monoisotopic (exact) mass is 366 g/mol. The third kappa shape index (κ3) is 4.91. The minimum absolute atomic E-state index is 0.0653. The van der Waals surface area contributed by atoms with E-state index in [1.165, 1.54) is 23.1 Å². The van der Waals surface area contributed by atoms with Crippen molar-refractivity contribution in [2.75, 3.05) is 5.75 Å². The maximum Gasteiger partial charge on any atom is 0.219 e. The Balaban J connectivity index is 1.47. The number of rotatable bonds is 7. The lowest BCUT2D eigenvalue weighted by Gasteiger charge is -2.01. The number of carbonyl (C=O) groups excluding carboxylic acids is 2. The Morgan fingerprint density at radius 1 is 0.840 bits per heavy atom. The molecule has 3 rings (SSSR count). The standard InChI is InChI=1S/C21H18O2S2/c22-18(12-7-15-24-21(23)17-10-5-2-6-11-17)20-14-13-19(25-20)16-8-3-1-4-9-16/h1-6,8-11,13-14H,7,12,15H2. The fourth-order valence-electron chi connectivity index (χ4n) is 2.42. The van der Waals surface area contributed by atoms with Crippen molar-refractivity contribution in [3.8, 4) is 10.4 Å². The van der Waals surface area contributed by atoms with Crippen molar-refractivity contribution in [2.24, 2.45) is 0 Å². The summed E-state index contributed by atoms with van der Waals surface area (Å²) in [7, 11) is 0. The van der Waals surface area contributed by atoms with E-state index in [-0.39, 0.29) is 10.9 Å². The first kappa shape index (κ1) is 17.6. The molecule has 2 nitrogen and oxygen atoms in total. The van der Waals surface area contributed by atoms with Crippen molar-refractivity contribution < 1.29 is 9.59 Å². The Labute approximate surface area is 155 Å². The highest BCUT2D eigenvalue weighted by Crippen LogP contribution is 2.29. The molecule has 0 bridgehead atoms. The molecule has 3 aromatic rings. The van der Waals surface area contributed by atoms with E-state index in [0.29, 0.717) is 24.2 Å². The molecule has 0 aliphatic heterocycles. The Morgan fingerprint density at radius 2 is 1.52 bits per heavy atom. The van der Waals surface area contributed by atoms with Crippen molar-refractivity contribution in [3.63, 3.8) is 0 Å². The van der Waals surface area contributed by atoms with Crippen LogP contribution in [0.3, 0.4) is 0 Å². The lowest BCUT2D eigenvalue weighted by molar-refractivity contribution is 0.0984. The van der Waals surface area contributed by atoms with E-state index in [2.05, 4.69) is 0 Å². The van der Waals surface area contributed by atoms with E-state index in [1.54, 1.807) is 0 Å². The maximum atomic E-state index is 12.3. The summed E-state index contributed by atoms with van der Waals surface area (Å²) in [5, 5.41) is 0.0653. The van der Waals surface area contributed by atoms with E-state index in [1.807, 2.05) is 72.8 Å². The molecule has 0 aliphatic carbocycles. The Morgan fingerprint density at radius 3 is 2.24 bits per heavy atom. The summed E-state index contributed by atoms with van der Waals surface area (Å²) in [6.07, 6.45) is 1.18. The van der Waals surface area contributed by atoms with Gasteiger partial charge in [-0.25, -0.2) is 0 Å². The number of hydrogen-bond acceptors (Lipinski definition) is 4. The minimum Gasteiger partial charge on any atom is -0.293 e. The van der Waals surface area contributed by atoms with Crippen LogP contribution in [-0.2, 0) is 0 Å². The fraction of sp³-hybridized carbons (Fsp3) is 0.143. The van der Waals surface area contributed by atoms with Gasteiger partial charge in [-0.15, -0.1) is 11.3 Å². The zero-order valence-corrected chi connectivity index (χ0v) is 15.3. The van der Waals surface area contributed by atoms with Gasteiger partial charge in [0.05, 0.1) is 4.88 Å². The molecule has 0 amide bonds. The number of benzene rings is 2. The number of hydrogen-bond donors (Lipinski definition) is 0. The molecule has 1 heterocycles. The number of carbonyl (C=O) groups is 2. The summed E-state index contributed by atoms with van der Waals surface area (Å²) in [6.45, 7) is 0. The largest absolute Gasteiger partial charge is 0.293 e. The molecule has 1 aromatic heterocycles. The van der Waals surface area contributed by atoms with Crippen LogP contribution in [0.25, 0.3) is 10.4 Å². The van der Waals surface area contributed by atoms with Crippen LogP contribution in [0.1, 0.15) is 32.9 Å². The molecular weight excluding hydrogens is 348 g/mol. The average Bonchev–Trinajstić information content (AvgIpc) is 3.16. The molecule has 0 radical (unpaired) electrons. The Bertz CT molecular complexity index is 839. The van der Waals surface area contributed by atoms with Gasteiger partial charge in [0.25, 0.3) is 0 Å². The van der Waals surface area contributed by atoms with Crippen LogP contribution in [-0.4, -0.2) is 16.7 Å². The van der Waals surface area contributed by atoms with Gasteiger partial charge >= 0.3 is 0 Å². The number of ketones is 1. The van der Waals surface area contributed by atoms with Crippen LogP contribution in [0.5, 0.6) is 0 Å². The Hall–Kier alpha value is -2.17. The van der Waals surface area contributed by atoms with Crippen molar-refractivity contribution in [1.82, 2.24) is 0 Å². The van der Waals surface area contributed by atoms with Crippen LogP contribution in [0.15, 0.2) is 72.8 Å². The highest BCUT2D eigenvalue weighted by molar-refractivity contribution is 8.14. The van der Waals surface area contributed by atoms with E-state index in [0.717, 1.165) is 15.3 Å². The second kappa shape index (κ2) is 8.79. The van der Waals surface area contributed by atoms with Gasteiger partial charge in [-0.2, -0.15) is 0 Å². The SMILES string of the molecule is O=C(SCCCC(=O)c1ccc(-c2ccccc2)s1)c1ccccc1. The summed E-state index contributed by atoms with van der Waals surface area (Å²) in [5.41, 5.74) is 1.85. The lowest BCUT2D eigenvalue weighted by atomic mass is 10.2. The molecule has 0 aliphatic rings. The van der Waals surface area contributed by atoms with Gasteiger partial charge in [-0.1, -0.05) is 72.4 Å². The lowest BCUT2D eigenvalue weighted by Crippen LogP contribution is -1.99. The van der Waals surface area contributed by atoms with Crippen LogP contribution >= 0.6 is 23.1 Å². The molecule has 0 saturated carbocycles. The number of thioether (sulfide) groups is 1. The van der Waals surface area contributed by atoms with Crippen LogP contribution < -0.4 is 0 Å². The average molecular weight is 367 g/mol. The number of Topliss-reactive ketones (excluding diaryl/α,β-unsaturated/α-hetero) is 1. The molecule has 0 fully saturated rings. The van der Waals surface area contributed by atoms with Gasteiger partial charge in [-0.05, 0) is 24.1 Å². The maximum absolute atomic E-state index is 12.3. The van der Waals surface area contributed by atoms with Gasteiger partial charge in [0, 0.05) is 22.6 Å². The summed E-state index contributed by atoms with van der Waals surface area (Å²) >= 11 is 2.81. The zero-order chi connectivity index (χ0) is 17.5. The third-order valence-electron chi connectivity index (χ3n) is 3.73. The van der Waals surface area contributed by atoms with Crippen molar-refractivity contribution in [2.45, 2.75) is 12.8 Å². The molecular formula is C21H18O2S2. The number of thiophene rings is 1. The smallest absolute Gasteiger partial charge is 0.219 e. The fourth-order valence-corrected chi connectivity index (χ4v) is 4.18. The molecule has 4 heteroatoms. The predicted octanol–water partition coefficient (Wildman–Crippen LogP) is 5.95. The van der Waals surface area contributed by atoms with Crippen molar-refractivity contribution >= 4 is 34.0 Å². The van der Waals surface area contributed by atoms with E-state index < -0.39 is 0 Å². The molecule has 0 atom stereocenters. The molecule has 2 aromatic carbocycles. The van der Waals surface area contributed by atoms with Gasteiger partial charge in [0.1, 0.15) is 0 Å². The molecule has 0 saturated heterocycles. The first-order valence-corrected chi connectivity index (χ1v) is 9.95. The van der Waals surface area contributed by atoms with E-state index >= 15 is 0 Å². The van der Waals surface area contributed by atoms with Crippen LogP contribution in [0, 0.1) is 0 Å². The van der Waals surface area contributed by atoms with E-state index in [9.17, 15) is 9.59 Å². The normalized spacial score (nSPS) is 10.6. The highest BCUT2D eigenvalue weighted by atomic mass is 32.2.